The van der Waals surface area contributed by atoms with Crippen LogP contribution < -0.4 is 10.5 Å². The van der Waals surface area contributed by atoms with E-state index in [0.29, 0.717) is 27.3 Å². The van der Waals surface area contributed by atoms with E-state index < -0.39 is 4.92 Å². The molecule has 0 radical (unpaired) electrons. The highest BCUT2D eigenvalue weighted by Crippen LogP contribution is 2.30. The third kappa shape index (κ3) is 4.27. The summed E-state index contributed by atoms with van der Waals surface area (Å²) in [6.45, 7) is 0.517. The molecule has 0 saturated carbocycles. The van der Waals surface area contributed by atoms with E-state index in [-0.39, 0.29) is 35.9 Å². The van der Waals surface area contributed by atoms with Crippen LogP contribution >= 0.6 is 11.3 Å². The number of amides is 1. The summed E-state index contributed by atoms with van der Waals surface area (Å²) >= 11 is 1.26. The molecule has 0 aliphatic rings. The molecule has 0 spiro atoms. The highest BCUT2D eigenvalue weighted by Gasteiger charge is 2.23. The Labute approximate surface area is 186 Å². The quantitative estimate of drug-likeness (QED) is 0.337. The molecule has 0 fully saturated rings. The predicted molar refractivity (Wildman–Crippen MR) is 122 cm³/mol. The average molecular weight is 450 g/mol. The van der Waals surface area contributed by atoms with Crippen LogP contribution in [-0.2, 0) is 4.74 Å². The van der Waals surface area contributed by atoms with Crippen molar-refractivity contribution < 1.29 is 14.5 Å². The first-order chi connectivity index (χ1) is 15.5. The number of benzene rings is 2. The van der Waals surface area contributed by atoms with E-state index in [0.717, 1.165) is 0 Å². The number of anilines is 1. The second-order valence-corrected chi connectivity index (χ2v) is 7.70. The number of carbonyl (C=O) groups excluding carboxylic acids is 1. The van der Waals surface area contributed by atoms with Gasteiger partial charge in [-0.3, -0.25) is 24.6 Å². The summed E-state index contributed by atoms with van der Waals surface area (Å²) in [4.78, 5) is 44.8. The molecule has 2 aromatic heterocycles. The number of hydrogen-bond donors (Lipinski definition) is 1. The molecule has 0 atom stereocenters. The van der Waals surface area contributed by atoms with Gasteiger partial charge in [0.15, 0.2) is 5.13 Å². The zero-order valence-corrected chi connectivity index (χ0v) is 17.8. The zero-order chi connectivity index (χ0) is 22.7. The second-order valence-electron chi connectivity index (χ2n) is 6.86. The van der Waals surface area contributed by atoms with Crippen LogP contribution in [0.4, 0.5) is 10.8 Å². The van der Waals surface area contributed by atoms with E-state index in [2.05, 4.69) is 9.97 Å². The van der Waals surface area contributed by atoms with Crippen molar-refractivity contribution in [2.45, 2.75) is 0 Å². The first kappa shape index (κ1) is 21.3. The molecule has 32 heavy (non-hydrogen) atoms. The Hall–Kier alpha value is -3.89. The summed E-state index contributed by atoms with van der Waals surface area (Å²) in [5, 5.41) is 13.7. The second kappa shape index (κ2) is 9.08. The maximum absolute atomic E-state index is 13.5. The Morgan fingerprint density at radius 1 is 1.22 bits per heavy atom. The number of aromatic amines is 1. The van der Waals surface area contributed by atoms with Crippen LogP contribution in [0.25, 0.3) is 22.2 Å². The Bertz CT molecular complexity index is 1350. The van der Waals surface area contributed by atoms with E-state index >= 15 is 0 Å². The van der Waals surface area contributed by atoms with E-state index in [1.165, 1.54) is 41.5 Å². The number of para-hydroxylation sites is 1. The van der Waals surface area contributed by atoms with Crippen LogP contribution in [0.2, 0.25) is 0 Å². The summed E-state index contributed by atoms with van der Waals surface area (Å²) in [5.74, 6) is -0.367. The molecule has 162 valence electrons. The fraction of sp³-hybridized carbons (Fsp3) is 0.136. The first-order valence-corrected chi connectivity index (χ1v) is 10.5. The molecule has 0 bridgehead atoms. The minimum absolute atomic E-state index is 0.0118. The molecule has 0 unspecified atom stereocenters. The zero-order valence-electron chi connectivity index (χ0n) is 17.0. The van der Waals surface area contributed by atoms with Gasteiger partial charge in [-0.25, -0.2) is 4.98 Å². The number of hydrogen-bond acceptors (Lipinski definition) is 7. The molecule has 2 heterocycles. The Morgan fingerprint density at radius 2 is 1.97 bits per heavy atom. The Kier molecular flexibility index (Phi) is 6.06. The van der Waals surface area contributed by atoms with E-state index in [4.69, 9.17) is 4.74 Å². The number of non-ortho nitro benzene ring substituents is 1. The molecule has 4 rings (SSSR count). The average Bonchev–Trinajstić information content (AvgIpc) is 3.28. The van der Waals surface area contributed by atoms with Crippen molar-refractivity contribution >= 4 is 39.0 Å². The molecule has 0 aliphatic carbocycles. The fourth-order valence-corrected chi connectivity index (χ4v) is 4.13. The van der Waals surface area contributed by atoms with Gasteiger partial charge < -0.3 is 9.72 Å². The predicted octanol–water partition coefficient (Wildman–Crippen LogP) is 3.85. The van der Waals surface area contributed by atoms with Gasteiger partial charge in [0.25, 0.3) is 11.6 Å². The van der Waals surface area contributed by atoms with E-state index in [1.54, 1.807) is 41.8 Å². The molecule has 1 amide bonds. The first-order valence-electron chi connectivity index (χ1n) is 9.61. The Morgan fingerprint density at radius 3 is 2.69 bits per heavy atom. The number of H-pyrrole nitrogens is 1. The van der Waals surface area contributed by atoms with Crippen molar-refractivity contribution in [1.82, 2.24) is 9.97 Å². The van der Waals surface area contributed by atoms with Gasteiger partial charge in [-0.05, 0) is 18.2 Å². The van der Waals surface area contributed by atoms with Crippen molar-refractivity contribution in [2.24, 2.45) is 0 Å². The topological polar surface area (TPSA) is 118 Å². The molecule has 2 aromatic carbocycles. The number of nitro groups is 1. The number of aromatic nitrogens is 2. The van der Waals surface area contributed by atoms with Crippen molar-refractivity contribution in [3.05, 3.63) is 86.0 Å². The molecule has 0 aliphatic heterocycles. The molecular weight excluding hydrogens is 432 g/mol. The summed E-state index contributed by atoms with van der Waals surface area (Å²) in [6.07, 6.45) is 0. The van der Waals surface area contributed by atoms with Crippen LogP contribution in [0.3, 0.4) is 0 Å². The van der Waals surface area contributed by atoms with Crippen LogP contribution in [0.5, 0.6) is 0 Å². The number of nitrogens with zero attached hydrogens (tertiary/aromatic N) is 3. The number of rotatable bonds is 7. The lowest BCUT2D eigenvalue weighted by Gasteiger charge is -2.20. The maximum Gasteiger partial charge on any atom is 0.269 e. The lowest BCUT2D eigenvalue weighted by atomic mass is 10.1. The largest absolute Gasteiger partial charge is 0.383 e. The number of nitrogens with one attached hydrogen (secondary N) is 1. The van der Waals surface area contributed by atoms with Gasteiger partial charge in [0.05, 0.1) is 29.3 Å². The van der Waals surface area contributed by atoms with Gasteiger partial charge in [-0.1, -0.05) is 18.2 Å². The molecule has 0 saturated heterocycles. The standard InChI is InChI=1S/C22H18N4O5S/c1-31-11-10-25(21(28)17-12-20(27)23-18-5-3-2-4-16(17)18)22-24-19(13-32-22)14-6-8-15(9-7-14)26(29)30/h2-9,12-13H,10-11H2,1H3,(H,23,27). The van der Waals surface area contributed by atoms with Gasteiger partial charge in [0.1, 0.15) is 0 Å². The van der Waals surface area contributed by atoms with Gasteiger partial charge >= 0.3 is 0 Å². The van der Waals surface area contributed by atoms with Crippen LogP contribution in [0.15, 0.2) is 64.8 Å². The molecule has 4 aromatic rings. The number of nitro benzene ring substituents is 1. The third-order valence-electron chi connectivity index (χ3n) is 4.84. The number of fused-ring (bicyclic) bond motifs is 1. The van der Waals surface area contributed by atoms with E-state index in [9.17, 15) is 19.7 Å². The third-order valence-corrected chi connectivity index (χ3v) is 5.71. The van der Waals surface area contributed by atoms with Crippen molar-refractivity contribution in [2.75, 3.05) is 25.2 Å². The van der Waals surface area contributed by atoms with E-state index in [1.807, 2.05) is 0 Å². The molecule has 9 nitrogen and oxygen atoms in total. The normalized spacial score (nSPS) is 10.9. The number of methoxy groups -OCH3 is 1. The van der Waals surface area contributed by atoms with Crippen molar-refractivity contribution in [3.8, 4) is 11.3 Å². The number of thiazole rings is 1. The highest BCUT2D eigenvalue weighted by atomic mass is 32.1. The summed E-state index contributed by atoms with van der Waals surface area (Å²) in [6, 6.07) is 14.4. The number of pyridine rings is 1. The smallest absolute Gasteiger partial charge is 0.269 e. The van der Waals surface area contributed by atoms with Crippen molar-refractivity contribution in [1.29, 1.82) is 0 Å². The molecule has 1 N–H and O–H groups in total. The summed E-state index contributed by atoms with van der Waals surface area (Å²) < 4.78 is 5.17. The van der Waals surface area contributed by atoms with Gasteiger partial charge in [0, 0.05) is 47.2 Å². The highest BCUT2D eigenvalue weighted by molar-refractivity contribution is 7.14. The van der Waals surface area contributed by atoms with Gasteiger partial charge in [-0.2, -0.15) is 0 Å². The molecule has 10 heteroatoms. The minimum Gasteiger partial charge on any atom is -0.383 e. The molecular formula is C22H18N4O5S. The van der Waals surface area contributed by atoms with Crippen LogP contribution in [0.1, 0.15) is 10.4 Å². The summed E-state index contributed by atoms with van der Waals surface area (Å²) in [5.41, 5.74) is 1.74. The number of carbonyl (C=O) groups is 1. The van der Waals surface area contributed by atoms with Crippen LogP contribution in [0, 0.1) is 10.1 Å². The monoisotopic (exact) mass is 450 g/mol. The van der Waals surface area contributed by atoms with Gasteiger partial charge in [0.2, 0.25) is 5.56 Å². The number of ether oxygens (including phenoxy) is 1. The Balaban J connectivity index is 1.72. The minimum atomic E-state index is -0.465. The van der Waals surface area contributed by atoms with Crippen molar-refractivity contribution in [3.63, 3.8) is 0 Å². The van der Waals surface area contributed by atoms with Crippen LogP contribution in [-0.4, -0.2) is 41.1 Å². The fourth-order valence-electron chi connectivity index (χ4n) is 3.27. The summed E-state index contributed by atoms with van der Waals surface area (Å²) in [7, 11) is 1.54. The SMILES string of the molecule is COCCN(C(=O)c1cc(=O)[nH]c2ccccc12)c1nc(-c2ccc([N+](=O)[O-])cc2)cs1. The lowest BCUT2D eigenvalue weighted by molar-refractivity contribution is -0.384. The van der Waals surface area contributed by atoms with Gasteiger partial charge in [-0.15, -0.1) is 11.3 Å². The lowest BCUT2D eigenvalue weighted by Crippen LogP contribution is -2.34. The maximum atomic E-state index is 13.5.